The van der Waals surface area contributed by atoms with Crippen LogP contribution in [0.25, 0.3) is 0 Å². The van der Waals surface area contributed by atoms with Gasteiger partial charge in [0, 0.05) is 42.9 Å². The van der Waals surface area contributed by atoms with Gasteiger partial charge in [-0.15, -0.1) is 0 Å². The quantitative estimate of drug-likeness (QED) is 0.443. The molecule has 1 atom stereocenters. The number of carbonyl (C=O) groups excluding carboxylic acids is 1. The number of aryl methyl sites for hydroxylation is 1. The molecule has 3 rings (SSSR count). The summed E-state index contributed by atoms with van der Waals surface area (Å²) in [5.74, 6) is -0.174. The molecule has 154 valence electrons. The number of nitrogens with one attached hydrogen (secondary N) is 3. The molecule has 1 amide bonds. The third-order valence-corrected chi connectivity index (χ3v) is 4.78. The van der Waals surface area contributed by atoms with Crippen LogP contribution in [0.3, 0.4) is 0 Å². The second-order valence-electron chi connectivity index (χ2n) is 7.34. The zero-order valence-electron chi connectivity index (χ0n) is 17.5. The molecule has 0 saturated heterocycles. The molecule has 1 unspecified atom stereocenters. The van der Waals surface area contributed by atoms with Gasteiger partial charge < -0.3 is 16.0 Å². The van der Waals surface area contributed by atoms with Gasteiger partial charge in [-0.25, -0.2) is 0 Å². The summed E-state index contributed by atoms with van der Waals surface area (Å²) in [6, 6.07) is 18.7. The highest BCUT2D eigenvalue weighted by Gasteiger charge is 2.07. The average Bonchev–Trinajstić information content (AvgIpc) is 2.76. The minimum atomic E-state index is -0.174. The summed E-state index contributed by atoms with van der Waals surface area (Å²) >= 11 is 0. The van der Waals surface area contributed by atoms with Gasteiger partial charge >= 0.3 is 0 Å². The molecule has 3 aromatic rings. The number of nitrogens with zero attached hydrogens (tertiary/aromatic N) is 1. The Kier molecular flexibility index (Phi) is 7.22. The second kappa shape index (κ2) is 10.3. The smallest absolute Gasteiger partial charge is 0.243 e. The fourth-order valence-electron chi connectivity index (χ4n) is 3.20. The van der Waals surface area contributed by atoms with Crippen LogP contribution in [0.1, 0.15) is 35.2 Å². The minimum Gasteiger partial charge on any atom is -0.381 e. The minimum absolute atomic E-state index is 0.130. The Balaban J connectivity index is 1.61. The van der Waals surface area contributed by atoms with E-state index in [2.05, 4.69) is 64.8 Å². The molecular formula is C25H28N4O. The lowest BCUT2D eigenvalue weighted by Gasteiger charge is -2.18. The van der Waals surface area contributed by atoms with Crippen molar-refractivity contribution in [2.24, 2.45) is 0 Å². The van der Waals surface area contributed by atoms with E-state index in [0.29, 0.717) is 6.54 Å². The van der Waals surface area contributed by atoms with Crippen LogP contribution in [-0.2, 0) is 17.9 Å². The summed E-state index contributed by atoms with van der Waals surface area (Å²) in [6.45, 7) is 8.86. The van der Waals surface area contributed by atoms with Crippen molar-refractivity contribution in [3.05, 3.63) is 102 Å². The van der Waals surface area contributed by atoms with Crippen molar-refractivity contribution >= 4 is 17.3 Å². The number of amides is 1. The van der Waals surface area contributed by atoms with Crippen molar-refractivity contribution in [2.75, 3.05) is 10.6 Å². The second-order valence-corrected chi connectivity index (χ2v) is 7.34. The zero-order valence-corrected chi connectivity index (χ0v) is 17.5. The predicted molar refractivity (Wildman–Crippen MR) is 123 cm³/mol. The first-order chi connectivity index (χ1) is 14.5. The van der Waals surface area contributed by atoms with Gasteiger partial charge in [-0.05, 0) is 66.4 Å². The number of carbonyl (C=O) groups is 1. The van der Waals surface area contributed by atoms with E-state index in [9.17, 15) is 4.79 Å². The molecule has 0 aliphatic rings. The van der Waals surface area contributed by atoms with E-state index >= 15 is 0 Å². The van der Waals surface area contributed by atoms with E-state index in [0.717, 1.165) is 34.6 Å². The molecule has 0 bridgehead atoms. The van der Waals surface area contributed by atoms with Gasteiger partial charge in [0.2, 0.25) is 5.91 Å². The molecule has 0 radical (unpaired) electrons. The fraction of sp³-hybridized carbons (Fsp3) is 0.200. The van der Waals surface area contributed by atoms with E-state index in [1.165, 1.54) is 11.6 Å². The molecule has 0 saturated carbocycles. The van der Waals surface area contributed by atoms with Crippen molar-refractivity contribution < 1.29 is 4.79 Å². The van der Waals surface area contributed by atoms with Gasteiger partial charge in [-0.3, -0.25) is 9.78 Å². The highest BCUT2D eigenvalue weighted by molar-refractivity contribution is 5.86. The number of benzene rings is 2. The van der Waals surface area contributed by atoms with Crippen molar-refractivity contribution in [1.29, 1.82) is 0 Å². The van der Waals surface area contributed by atoms with Crippen LogP contribution in [-0.4, -0.2) is 10.9 Å². The maximum absolute atomic E-state index is 11.4. The zero-order chi connectivity index (χ0) is 21.3. The first-order valence-electron chi connectivity index (χ1n) is 10.0. The maximum Gasteiger partial charge on any atom is 0.243 e. The SMILES string of the molecule is C=CC(=O)NCc1cccc(NC(C)c2cccc(NCc3cncc(C)c3)c2)c1. The average molecular weight is 401 g/mol. The van der Waals surface area contributed by atoms with Crippen molar-refractivity contribution in [3.63, 3.8) is 0 Å². The number of hydrogen-bond acceptors (Lipinski definition) is 4. The van der Waals surface area contributed by atoms with Gasteiger partial charge in [0.15, 0.2) is 0 Å². The van der Waals surface area contributed by atoms with Crippen LogP contribution in [0, 0.1) is 6.92 Å². The molecule has 5 nitrogen and oxygen atoms in total. The Labute approximate surface area is 178 Å². The molecule has 2 aromatic carbocycles. The Bertz CT molecular complexity index is 1020. The predicted octanol–water partition coefficient (Wildman–Crippen LogP) is 4.98. The number of pyridine rings is 1. The van der Waals surface area contributed by atoms with Crippen molar-refractivity contribution in [1.82, 2.24) is 10.3 Å². The lowest BCUT2D eigenvalue weighted by atomic mass is 10.1. The van der Waals surface area contributed by atoms with Crippen LogP contribution < -0.4 is 16.0 Å². The van der Waals surface area contributed by atoms with Gasteiger partial charge in [0.05, 0.1) is 0 Å². The fourth-order valence-corrected chi connectivity index (χ4v) is 3.20. The third-order valence-electron chi connectivity index (χ3n) is 4.78. The van der Waals surface area contributed by atoms with Crippen molar-refractivity contribution in [3.8, 4) is 0 Å². The highest BCUT2D eigenvalue weighted by Crippen LogP contribution is 2.23. The largest absolute Gasteiger partial charge is 0.381 e. The van der Waals surface area contributed by atoms with Gasteiger partial charge in [-0.2, -0.15) is 0 Å². The Morgan fingerprint density at radius 1 is 1.03 bits per heavy atom. The Hall–Kier alpha value is -3.60. The number of hydrogen-bond donors (Lipinski definition) is 3. The van der Waals surface area contributed by atoms with E-state index in [1.54, 1.807) is 0 Å². The lowest BCUT2D eigenvalue weighted by Crippen LogP contribution is -2.20. The number of anilines is 2. The van der Waals surface area contributed by atoms with Gasteiger partial charge in [0.25, 0.3) is 0 Å². The van der Waals surface area contributed by atoms with Crippen molar-refractivity contribution in [2.45, 2.75) is 33.0 Å². The summed E-state index contributed by atoms with van der Waals surface area (Å²) in [7, 11) is 0. The molecular weight excluding hydrogens is 372 g/mol. The monoisotopic (exact) mass is 400 g/mol. The molecule has 5 heteroatoms. The summed E-state index contributed by atoms with van der Waals surface area (Å²) in [5, 5.41) is 9.81. The van der Waals surface area contributed by atoms with E-state index in [4.69, 9.17) is 0 Å². The molecule has 1 heterocycles. The van der Waals surface area contributed by atoms with Crippen LogP contribution in [0.2, 0.25) is 0 Å². The number of aromatic nitrogens is 1. The maximum atomic E-state index is 11.4. The molecule has 3 N–H and O–H groups in total. The molecule has 0 spiro atoms. The molecule has 30 heavy (non-hydrogen) atoms. The van der Waals surface area contributed by atoms with E-state index < -0.39 is 0 Å². The van der Waals surface area contributed by atoms with Crippen LogP contribution >= 0.6 is 0 Å². The summed E-state index contributed by atoms with van der Waals surface area (Å²) < 4.78 is 0. The van der Waals surface area contributed by atoms with Gasteiger partial charge in [0.1, 0.15) is 0 Å². The summed E-state index contributed by atoms with van der Waals surface area (Å²) in [4.78, 5) is 15.6. The first-order valence-corrected chi connectivity index (χ1v) is 10.0. The lowest BCUT2D eigenvalue weighted by molar-refractivity contribution is -0.116. The molecule has 0 aliphatic heterocycles. The summed E-state index contributed by atoms with van der Waals surface area (Å²) in [5.41, 5.74) is 6.62. The van der Waals surface area contributed by atoms with Crippen LogP contribution in [0.4, 0.5) is 11.4 Å². The van der Waals surface area contributed by atoms with E-state index in [-0.39, 0.29) is 11.9 Å². The highest BCUT2D eigenvalue weighted by atomic mass is 16.1. The normalized spacial score (nSPS) is 11.4. The van der Waals surface area contributed by atoms with E-state index in [1.807, 2.05) is 43.6 Å². The van der Waals surface area contributed by atoms with Gasteiger partial charge in [-0.1, -0.05) is 36.9 Å². The standard InChI is InChI=1S/C25H28N4O/c1-4-25(30)28-16-20-7-5-10-24(12-20)29-19(3)22-8-6-9-23(13-22)27-17-21-11-18(2)14-26-15-21/h4-15,19,27,29H,1,16-17H2,2-3H3,(H,28,30). The topological polar surface area (TPSA) is 66.1 Å². The van der Waals surface area contributed by atoms with Crippen LogP contribution in [0.5, 0.6) is 0 Å². The molecule has 1 aromatic heterocycles. The number of rotatable bonds is 9. The Morgan fingerprint density at radius 2 is 1.83 bits per heavy atom. The Morgan fingerprint density at radius 3 is 2.63 bits per heavy atom. The summed E-state index contributed by atoms with van der Waals surface area (Å²) in [6.07, 6.45) is 5.03. The molecule has 0 aliphatic carbocycles. The van der Waals surface area contributed by atoms with Crippen LogP contribution in [0.15, 0.2) is 79.6 Å². The first kappa shape index (κ1) is 21.1. The third kappa shape index (κ3) is 6.21. The molecule has 0 fully saturated rings.